The van der Waals surface area contributed by atoms with Crippen LogP contribution in [-0.4, -0.2) is 16.1 Å². The zero-order valence-corrected chi connectivity index (χ0v) is 14.7. The quantitative estimate of drug-likeness (QED) is 0.668. The lowest BCUT2D eigenvalue weighted by atomic mass is 10.2. The maximum Gasteiger partial charge on any atom is 0.237 e. The van der Waals surface area contributed by atoms with Gasteiger partial charge in [-0.15, -0.1) is 11.8 Å². The van der Waals surface area contributed by atoms with Crippen molar-refractivity contribution in [2.75, 3.05) is 5.32 Å². The number of anilines is 1. The van der Waals surface area contributed by atoms with Gasteiger partial charge in [-0.2, -0.15) is 0 Å². The average Bonchev–Trinajstić information content (AvgIpc) is 3.11. The van der Waals surface area contributed by atoms with Crippen LogP contribution in [0.2, 0.25) is 0 Å². The van der Waals surface area contributed by atoms with Crippen molar-refractivity contribution in [2.24, 2.45) is 0 Å². The highest BCUT2D eigenvalue weighted by atomic mass is 32.2. The van der Waals surface area contributed by atoms with Crippen LogP contribution in [0.4, 0.5) is 14.5 Å². The van der Waals surface area contributed by atoms with Gasteiger partial charge in [-0.3, -0.25) is 4.79 Å². The highest BCUT2D eigenvalue weighted by Crippen LogP contribution is 2.23. The number of nitrogens with zero attached hydrogens (tertiary/aromatic N) is 1. The van der Waals surface area contributed by atoms with Crippen LogP contribution in [0.15, 0.2) is 59.2 Å². The van der Waals surface area contributed by atoms with Gasteiger partial charge in [-0.25, -0.2) is 13.8 Å². The molecule has 1 N–H and O–H groups in total. The molecule has 0 saturated carbocycles. The zero-order valence-electron chi connectivity index (χ0n) is 13.9. The van der Waals surface area contributed by atoms with E-state index in [4.69, 9.17) is 4.42 Å². The van der Waals surface area contributed by atoms with Crippen molar-refractivity contribution in [3.63, 3.8) is 0 Å². The molecule has 1 amide bonds. The molecule has 0 spiro atoms. The largest absolute Gasteiger partial charge is 0.444 e. The Morgan fingerprint density at radius 2 is 2.00 bits per heavy atom. The third kappa shape index (κ3) is 4.49. The van der Waals surface area contributed by atoms with Crippen LogP contribution in [0.3, 0.4) is 0 Å². The summed E-state index contributed by atoms with van der Waals surface area (Å²) in [5, 5.41) is 2.01. The van der Waals surface area contributed by atoms with E-state index in [-0.39, 0.29) is 11.6 Å². The van der Waals surface area contributed by atoms with E-state index in [9.17, 15) is 13.6 Å². The summed E-state index contributed by atoms with van der Waals surface area (Å²) in [6.45, 7) is 1.71. The van der Waals surface area contributed by atoms with Crippen LogP contribution >= 0.6 is 11.8 Å². The molecule has 0 aliphatic rings. The molecule has 4 nitrogen and oxygen atoms in total. The second-order valence-corrected chi connectivity index (χ2v) is 6.91. The van der Waals surface area contributed by atoms with E-state index in [2.05, 4.69) is 10.3 Å². The Kier molecular flexibility index (Phi) is 5.68. The number of hydrogen-bond acceptors (Lipinski definition) is 4. The molecule has 3 aromatic rings. The summed E-state index contributed by atoms with van der Waals surface area (Å²) in [7, 11) is 0. The van der Waals surface area contributed by atoms with Crippen molar-refractivity contribution in [3.05, 3.63) is 72.1 Å². The van der Waals surface area contributed by atoms with Crippen LogP contribution in [0, 0.1) is 11.6 Å². The molecule has 3 rings (SSSR count). The summed E-state index contributed by atoms with van der Waals surface area (Å²) in [5.41, 5.74) is 1.54. The van der Waals surface area contributed by atoms with Crippen LogP contribution < -0.4 is 5.32 Å². The summed E-state index contributed by atoms with van der Waals surface area (Å²) in [6, 6.07) is 12.5. The fourth-order valence-electron chi connectivity index (χ4n) is 2.20. The van der Waals surface area contributed by atoms with Crippen molar-refractivity contribution in [1.29, 1.82) is 0 Å². The van der Waals surface area contributed by atoms with Crippen LogP contribution in [0.25, 0.3) is 11.5 Å². The molecule has 0 aliphatic heterocycles. The predicted octanol–water partition coefficient (Wildman–Crippen LogP) is 4.88. The highest BCUT2D eigenvalue weighted by molar-refractivity contribution is 7.99. The molecule has 0 aliphatic carbocycles. The first-order valence-electron chi connectivity index (χ1n) is 7.90. The average molecular weight is 374 g/mol. The standard InChI is InChI=1S/C19H16F2N2O2S/c1-12(18(24)23-17-8-7-14(20)9-16(17)21)26-11-15-10-25-19(22-15)13-5-3-2-4-6-13/h2-10,12H,11H2,1H3,(H,23,24). The van der Waals surface area contributed by atoms with Crippen LogP contribution in [0.1, 0.15) is 12.6 Å². The first kappa shape index (κ1) is 18.1. The van der Waals surface area contributed by atoms with Crippen molar-refractivity contribution in [3.8, 4) is 11.5 Å². The second kappa shape index (κ2) is 8.14. The summed E-state index contributed by atoms with van der Waals surface area (Å²) < 4.78 is 32.0. The van der Waals surface area contributed by atoms with E-state index in [1.54, 1.807) is 13.2 Å². The maximum absolute atomic E-state index is 13.6. The van der Waals surface area contributed by atoms with Crippen LogP contribution in [-0.2, 0) is 10.5 Å². The third-order valence-electron chi connectivity index (χ3n) is 3.61. The lowest BCUT2D eigenvalue weighted by Crippen LogP contribution is -2.23. The van der Waals surface area contributed by atoms with E-state index < -0.39 is 16.9 Å². The number of hydrogen-bond donors (Lipinski definition) is 1. The Morgan fingerprint density at radius 3 is 2.73 bits per heavy atom. The fourth-order valence-corrected chi connectivity index (χ4v) is 2.96. The van der Waals surface area contributed by atoms with Gasteiger partial charge in [-0.05, 0) is 31.2 Å². The molecule has 1 aromatic heterocycles. The van der Waals surface area contributed by atoms with Gasteiger partial charge < -0.3 is 9.73 Å². The number of oxazole rings is 1. The molecule has 1 unspecified atom stereocenters. The molecule has 1 heterocycles. The van der Waals surface area contributed by atoms with Gasteiger partial charge >= 0.3 is 0 Å². The smallest absolute Gasteiger partial charge is 0.237 e. The molecule has 26 heavy (non-hydrogen) atoms. The minimum absolute atomic E-state index is 0.0448. The number of thioether (sulfide) groups is 1. The first-order valence-corrected chi connectivity index (χ1v) is 8.95. The summed E-state index contributed by atoms with van der Waals surface area (Å²) in [6.07, 6.45) is 1.56. The number of nitrogens with one attached hydrogen (secondary N) is 1. The zero-order chi connectivity index (χ0) is 18.5. The molecule has 2 aromatic carbocycles. The van der Waals surface area contributed by atoms with E-state index in [1.165, 1.54) is 17.8 Å². The van der Waals surface area contributed by atoms with E-state index in [1.807, 2.05) is 30.3 Å². The molecule has 0 radical (unpaired) electrons. The van der Waals surface area contributed by atoms with Crippen LogP contribution in [0.5, 0.6) is 0 Å². The number of rotatable bonds is 6. The Morgan fingerprint density at radius 1 is 1.23 bits per heavy atom. The topological polar surface area (TPSA) is 55.1 Å². The molecular formula is C19H16F2N2O2S. The minimum atomic E-state index is -0.806. The molecule has 1 atom stereocenters. The normalized spacial score (nSPS) is 12.0. The third-order valence-corrected chi connectivity index (χ3v) is 4.79. The lowest BCUT2D eigenvalue weighted by molar-refractivity contribution is -0.115. The van der Waals surface area contributed by atoms with E-state index in [0.29, 0.717) is 17.3 Å². The van der Waals surface area contributed by atoms with E-state index in [0.717, 1.165) is 17.7 Å². The van der Waals surface area contributed by atoms with Gasteiger partial charge in [0, 0.05) is 17.4 Å². The van der Waals surface area contributed by atoms with Gasteiger partial charge in [0.2, 0.25) is 11.8 Å². The molecule has 0 bridgehead atoms. The van der Waals surface area contributed by atoms with Crippen molar-refractivity contribution in [2.45, 2.75) is 17.9 Å². The highest BCUT2D eigenvalue weighted by Gasteiger charge is 2.17. The predicted molar refractivity (Wildman–Crippen MR) is 97.7 cm³/mol. The molecule has 0 fully saturated rings. The summed E-state index contributed by atoms with van der Waals surface area (Å²) in [5.74, 6) is -0.877. The Bertz CT molecular complexity index is 900. The number of benzene rings is 2. The fraction of sp³-hybridized carbons (Fsp3) is 0.158. The Hall–Kier alpha value is -2.67. The number of halogens is 2. The van der Waals surface area contributed by atoms with Crippen molar-refractivity contribution < 1.29 is 18.0 Å². The monoisotopic (exact) mass is 374 g/mol. The molecular weight excluding hydrogens is 358 g/mol. The summed E-state index contributed by atoms with van der Waals surface area (Å²) in [4.78, 5) is 16.6. The van der Waals surface area contributed by atoms with Gasteiger partial charge in [0.15, 0.2) is 0 Å². The number of carbonyl (C=O) groups excluding carboxylic acids is 1. The van der Waals surface area contributed by atoms with E-state index >= 15 is 0 Å². The summed E-state index contributed by atoms with van der Waals surface area (Å²) >= 11 is 1.34. The maximum atomic E-state index is 13.6. The minimum Gasteiger partial charge on any atom is -0.444 e. The molecule has 7 heteroatoms. The SMILES string of the molecule is CC(SCc1coc(-c2ccccc2)n1)C(=O)Nc1ccc(F)cc1F. The van der Waals surface area contributed by atoms with Gasteiger partial charge in [-0.1, -0.05) is 18.2 Å². The Labute approximate surface area is 153 Å². The number of aromatic nitrogens is 1. The lowest BCUT2D eigenvalue weighted by Gasteiger charge is -2.11. The first-order chi connectivity index (χ1) is 12.5. The molecule has 134 valence electrons. The van der Waals surface area contributed by atoms with Gasteiger partial charge in [0.1, 0.15) is 17.9 Å². The van der Waals surface area contributed by atoms with Crippen molar-refractivity contribution >= 4 is 23.4 Å². The number of carbonyl (C=O) groups is 1. The van der Waals surface area contributed by atoms with Crippen molar-refractivity contribution in [1.82, 2.24) is 4.98 Å². The van der Waals surface area contributed by atoms with Gasteiger partial charge in [0.25, 0.3) is 0 Å². The Balaban J connectivity index is 1.56. The second-order valence-electron chi connectivity index (χ2n) is 5.58. The number of amides is 1. The van der Waals surface area contributed by atoms with Gasteiger partial charge in [0.05, 0.1) is 16.6 Å². The molecule has 0 saturated heterocycles.